The van der Waals surface area contributed by atoms with Gasteiger partial charge in [-0.15, -0.1) is 0 Å². The minimum Gasteiger partial charge on any atom is -0.507 e. The molecule has 0 fully saturated rings. The molecular weight excluding hydrogens is 412 g/mol. The molecule has 1 aliphatic rings. The lowest BCUT2D eigenvalue weighted by Gasteiger charge is -2.22. The van der Waals surface area contributed by atoms with Crippen LogP contribution in [-0.4, -0.2) is 16.7 Å². The summed E-state index contributed by atoms with van der Waals surface area (Å²) in [6.45, 7) is 0. The first-order valence-corrected chi connectivity index (χ1v) is 10.4. The number of thioether (sulfide) groups is 2. The molecule has 0 aliphatic heterocycles. The Morgan fingerprint density at radius 3 is 1.61 bits per heavy atom. The number of ketones is 2. The molecule has 1 aliphatic carbocycles. The molecule has 0 radical (unpaired) electrons. The van der Waals surface area contributed by atoms with Crippen molar-refractivity contribution in [3.8, 4) is 5.75 Å². The minimum absolute atomic E-state index is 0.0339. The molecule has 0 saturated carbocycles. The molecule has 0 amide bonds. The number of phenols is 1. The predicted octanol–water partition coefficient (Wildman–Crippen LogP) is 6.22. The summed E-state index contributed by atoms with van der Waals surface area (Å²) in [5.41, 5.74) is 0.0239. The number of phenolic OH excluding ortho intramolecular Hbond substituents is 1. The highest BCUT2D eigenvalue weighted by atomic mass is 35.5. The number of hydrogen-bond donors (Lipinski definition) is 1. The molecule has 0 atom stereocenters. The molecule has 0 spiro atoms. The van der Waals surface area contributed by atoms with Crippen LogP contribution in [0.5, 0.6) is 5.75 Å². The number of fused-ring (bicyclic) bond motifs is 1. The quantitative estimate of drug-likeness (QED) is 0.538. The first-order valence-electron chi connectivity index (χ1n) is 8.37. The second-order valence-corrected chi connectivity index (χ2v) is 8.54. The van der Waals surface area contributed by atoms with Gasteiger partial charge in [0, 0.05) is 9.79 Å². The molecule has 3 aromatic rings. The summed E-state index contributed by atoms with van der Waals surface area (Å²) in [5, 5.41) is 10.4. The Balaban J connectivity index is 1.88. The van der Waals surface area contributed by atoms with Crippen molar-refractivity contribution >= 4 is 46.7 Å². The topological polar surface area (TPSA) is 54.4 Å². The number of hydrogen-bond acceptors (Lipinski definition) is 5. The van der Waals surface area contributed by atoms with Crippen LogP contribution in [0.15, 0.2) is 92.4 Å². The Morgan fingerprint density at radius 2 is 1.11 bits per heavy atom. The third kappa shape index (κ3) is 3.49. The highest BCUT2D eigenvalue weighted by molar-refractivity contribution is 8.08. The summed E-state index contributed by atoms with van der Waals surface area (Å²) in [6.07, 6.45) is 0. The molecular formula is C22H13ClO3S2. The Kier molecular flexibility index (Phi) is 5.31. The molecule has 1 N–H and O–H groups in total. The van der Waals surface area contributed by atoms with Crippen molar-refractivity contribution in [2.75, 3.05) is 0 Å². The zero-order valence-electron chi connectivity index (χ0n) is 14.4. The van der Waals surface area contributed by atoms with Crippen LogP contribution in [-0.2, 0) is 0 Å². The molecule has 4 rings (SSSR count). The van der Waals surface area contributed by atoms with Crippen molar-refractivity contribution in [2.45, 2.75) is 9.79 Å². The van der Waals surface area contributed by atoms with Gasteiger partial charge in [0.15, 0.2) is 0 Å². The maximum atomic E-state index is 13.3. The standard InChI is InChI=1S/C22H13ClO3S2/c23-15-11-12-16(24)18-17(15)19(25)21(27-13-7-3-1-4-8-13)22(20(18)26)28-14-9-5-2-6-10-14/h1-12,24H. The number of carbonyl (C=O) groups excluding carboxylic acids is 2. The van der Waals surface area contributed by atoms with E-state index in [0.29, 0.717) is 4.91 Å². The molecule has 0 unspecified atom stereocenters. The Morgan fingerprint density at radius 1 is 0.643 bits per heavy atom. The Labute approximate surface area is 175 Å². The molecule has 0 aromatic heterocycles. The van der Waals surface area contributed by atoms with E-state index in [1.807, 2.05) is 60.7 Å². The van der Waals surface area contributed by atoms with Gasteiger partial charge in [-0.2, -0.15) is 0 Å². The number of Topliss-reactive ketones (excluding diaryl/α,β-unsaturated/α-hetero) is 2. The third-order valence-electron chi connectivity index (χ3n) is 4.13. The van der Waals surface area contributed by atoms with E-state index < -0.39 is 5.78 Å². The molecule has 3 nitrogen and oxygen atoms in total. The van der Waals surface area contributed by atoms with E-state index in [2.05, 4.69) is 0 Å². The SMILES string of the molecule is O=C1C(Sc2ccccc2)=C(Sc2ccccc2)C(=O)c2c(Cl)ccc(O)c21. The fraction of sp³-hybridized carbons (Fsp3) is 0. The maximum Gasteiger partial charge on any atom is 0.205 e. The van der Waals surface area contributed by atoms with Crippen LogP contribution < -0.4 is 0 Å². The first-order chi connectivity index (χ1) is 13.6. The van der Waals surface area contributed by atoms with E-state index in [0.717, 1.165) is 9.79 Å². The summed E-state index contributed by atoms with van der Waals surface area (Å²) < 4.78 is 0. The van der Waals surface area contributed by atoms with Crippen molar-refractivity contribution < 1.29 is 14.7 Å². The van der Waals surface area contributed by atoms with Crippen LogP contribution >= 0.6 is 35.1 Å². The average molecular weight is 425 g/mol. The first kappa shape index (κ1) is 18.9. The average Bonchev–Trinajstić information content (AvgIpc) is 2.72. The number of benzene rings is 3. The smallest absolute Gasteiger partial charge is 0.205 e. The van der Waals surface area contributed by atoms with Gasteiger partial charge in [0.1, 0.15) is 5.75 Å². The van der Waals surface area contributed by atoms with Gasteiger partial charge in [-0.05, 0) is 36.4 Å². The van der Waals surface area contributed by atoms with Crippen LogP contribution in [0.4, 0.5) is 0 Å². The lowest BCUT2D eigenvalue weighted by atomic mass is 9.93. The third-order valence-corrected chi connectivity index (χ3v) is 6.78. The van der Waals surface area contributed by atoms with Crippen LogP contribution in [0, 0.1) is 0 Å². The van der Waals surface area contributed by atoms with Gasteiger partial charge in [-0.1, -0.05) is 71.5 Å². The van der Waals surface area contributed by atoms with Gasteiger partial charge in [0.25, 0.3) is 0 Å². The number of aromatic hydroxyl groups is 1. The normalized spacial score (nSPS) is 13.6. The summed E-state index contributed by atoms with van der Waals surface area (Å²) in [7, 11) is 0. The Hall–Kier alpha value is -2.47. The summed E-state index contributed by atoms with van der Waals surface area (Å²) >= 11 is 8.67. The van der Waals surface area contributed by atoms with Gasteiger partial charge in [0.05, 0.1) is 26.0 Å². The van der Waals surface area contributed by atoms with E-state index in [-0.39, 0.29) is 32.6 Å². The monoisotopic (exact) mass is 424 g/mol. The zero-order valence-corrected chi connectivity index (χ0v) is 16.8. The molecule has 138 valence electrons. The van der Waals surface area contributed by atoms with Crippen LogP contribution in [0.25, 0.3) is 0 Å². The van der Waals surface area contributed by atoms with Gasteiger partial charge in [-0.3, -0.25) is 9.59 Å². The predicted molar refractivity (Wildman–Crippen MR) is 113 cm³/mol. The minimum atomic E-state index is -0.401. The second-order valence-electron chi connectivity index (χ2n) is 5.96. The molecule has 0 saturated heterocycles. The molecule has 3 aromatic carbocycles. The fourth-order valence-corrected chi connectivity index (χ4v) is 5.16. The maximum absolute atomic E-state index is 13.3. The highest BCUT2D eigenvalue weighted by Gasteiger charge is 2.37. The number of rotatable bonds is 4. The van der Waals surface area contributed by atoms with E-state index in [9.17, 15) is 14.7 Å². The number of halogens is 1. The van der Waals surface area contributed by atoms with Crippen molar-refractivity contribution in [1.29, 1.82) is 0 Å². The summed E-state index contributed by atoms with van der Waals surface area (Å²) in [5.74, 6) is -1.00. The van der Waals surface area contributed by atoms with Crippen molar-refractivity contribution in [3.63, 3.8) is 0 Å². The van der Waals surface area contributed by atoms with Crippen LogP contribution in [0.2, 0.25) is 5.02 Å². The summed E-state index contributed by atoms with van der Waals surface area (Å²) in [6, 6.07) is 21.5. The van der Waals surface area contributed by atoms with Gasteiger partial charge in [0.2, 0.25) is 11.6 Å². The Bertz CT molecular complexity index is 1020. The van der Waals surface area contributed by atoms with Gasteiger partial charge < -0.3 is 5.11 Å². The van der Waals surface area contributed by atoms with Gasteiger partial charge >= 0.3 is 0 Å². The summed E-state index contributed by atoms with van der Waals surface area (Å²) in [4.78, 5) is 28.8. The lowest BCUT2D eigenvalue weighted by molar-refractivity contribution is 0.0986. The van der Waals surface area contributed by atoms with Crippen molar-refractivity contribution in [3.05, 3.63) is 98.8 Å². The number of allylic oxidation sites excluding steroid dienone is 2. The molecule has 28 heavy (non-hydrogen) atoms. The highest BCUT2D eigenvalue weighted by Crippen LogP contribution is 2.46. The van der Waals surface area contributed by atoms with E-state index in [4.69, 9.17) is 11.6 Å². The van der Waals surface area contributed by atoms with E-state index in [1.54, 1.807) is 0 Å². The second kappa shape index (κ2) is 7.87. The van der Waals surface area contributed by atoms with E-state index in [1.165, 1.54) is 35.7 Å². The van der Waals surface area contributed by atoms with Crippen LogP contribution in [0.1, 0.15) is 20.7 Å². The van der Waals surface area contributed by atoms with Crippen molar-refractivity contribution in [2.24, 2.45) is 0 Å². The lowest BCUT2D eigenvalue weighted by Crippen LogP contribution is -2.20. The zero-order chi connectivity index (χ0) is 19.7. The van der Waals surface area contributed by atoms with E-state index >= 15 is 0 Å². The molecule has 6 heteroatoms. The fourth-order valence-electron chi connectivity index (χ4n) is 2.85. The molecule has 0 heterocycles. The molecule has 0 bridgehead atoms. The largest absolute Gasteiger partial charge is 0.507 e. The van der Waals surface area contributed by atoms with Crippen molar-refractivity contribution in [1.82, 2.24) is 0 Å². The van der Waals surface area contributed by atoms with Crippen LogP contribution in [0.3, 0.4) is 0 Å². The number of carbonyl (C=O) groups is 2. The van der Waals surface area contributed by atoms with Gasteiger partial charge in [-0.25, -0.2) is 0 Å².